The fourth-order valence-corrected chi connectivity index (χ4v) is 3.06. The highest BCUT2D eigenvalue weighted by molar-refractivity contribution is 5.68. The van der Waals surface area contributed by atoms with Crippen molar-refractivity contribution in [3.05, 3.63) is 48.3 Å². The Bertz CT molecular complexity index is 681. The third-order valence-corrected chi connectivity index (χ3v) is 4.26. The Morgan fingerprint density at radius 2 is 1.96 bits per heavy atom. The monoisotopic (exact) mass is 327 g/mol. The number of amides is 1. The quantitative estimate of drug-likeness (QED) is 0.838. The molecule has 0 aliphatic carbocycles. The fourth-order valence-electron chi connectivity index (χ4n) is 3.06. The number of benzene rings is 1. The van der Waals surface area contributed by atoms with Crippen molar-refractivity contribution >= 4 is 6.09 Å². The third-order valence-electron chi connectivity index (χ3n) is 4.26. The molecule has 1 fully saturated rings. The summed E-state index contributed by atoms with van der Waals surface area (Å²) in [5, 5.41) is 4.29. The summed E-state index contributed by atoms with van der Waals surface area (Å²) in [5.41, 5.74) is 1.95. The van der Waals surface area contributed by atoms with Crippen molar-refractivity contribution in [3.63, 3.8) is 0 Å². The number of carbonyl (C=O) groups excluding carboxylic acids is 1. The lowest BCUT2D eigenvalue weighted by atomic mass is 9.89. The smallest absolute Gasteiger partial charge is 0.410 e. The second-order valence-corrected chi connectivity index (χ2v) is 7.29. The van der Waals surface area contributed by atoms with E-state index in [1.54, 1.807) is 6.20 Å². The first-order chi connectivity index (χ1) is 11.4. The Balaban J connectivity index is 1.63. The molecule has 0 unspecified atom stereocenters. The minimum absolute atomic E-state index is 0.203. The molecule has 5 nitrogen and oxygen atoms in total. The van der Waals surface area contributed by atoms with Crippen LogP contribution in [0.1, 0.15) is 45.1 Å². The second kappa shape index (κ2) is 6.67. The van der Waals surface area contributed by atoms with E-state index in [2.05, 4.69) is 29.4 Å². The molecule has 1 aliphatic rings. The Kier molecular flexibility index (Phi) is 4.60. The lowest BCUT2D eigenvalue weighted by Crippen LogP contribution is -2.41. The molecule has 0 saturated carbocycles. The van der Waals surface area contributed by atoms with Crippen molar-refractivity contribution < 1.29 is 9.53 Å². The molecule has 0 atom stereocenters. The SMILES string of the molecule is CC(C)(C)OC(=O)N1CCC(c2cccc(-n3cccn3)c2)CC1. The van der Waals surface area contributed by atoms with Gasteiger partial charge in [-0.05, 0) is 63.3 Å². The Labute approximate surface area is 143 Å². The molecule has 1 saturated heterocycles. The molecule has 0 spiro atoms. The van der Waals surface area contributed by atoms with Gasteiger partial charge in [-0.15, -0.1) is 0 Å². The van der Waals surface area contributed by atoms with Gasteiger partial charge in [-0.3, -0.25) is 0 Å². The molecule has 0 N–H and O–H groups in total. The van der Waals surface area contributed by atoms with Crippen molar-refractivity contribution in [1.29, 1.82) is 0 Å². The zero-order chi connectivity index (χ0) is 17.2. The molecule has 1 aromatic carbocycles. The average Bonchev–Trinajstić information content (AvgIpc) is 3.08. The topological polar surface area (TPSA) is 47.4 Å². The maximum absolute atomic E-state index is 12.2. The van der Waals surface area contributed by atoms with Gasteiger partial charge >= 0.3 is 6.09 Å². The molecule has 0 radical (unpaired) electrons. The van der Waals surface area contributed by atoms with Crippen LogP contribution in [0, 0.1) is 0 Å². The predicted molar refractivity (Wildman–Crippen MR) is 93.3 cm³/mol. The summed E-state index contributed by atoms with van der Waals surface area (Å²) in [7, 11) is 0. The number of hydrogen-bond acceptors (Lipinski definition) is 3. The van der Waals surface area contributed by atoms with E-state index >= 15 is 0 Å². The van der Waals surface area contributed by atoms with Crippen LogP contribution < -0.4 is 0 Å². The Hall–Kier alpha value is -2.30. The number of rotatable bonds is 2. The fraction of sp³-hybridized carbons (Fsp3) is 0.474. The summed E-state index contributed by atoms with van der Waals surface area (Å²) in [5.74, 6) is 0.471. The van der Waals surface area contributed by atoms with Crippen molar-refractivity contribution in [2.24, 2.45) is 0 Å². The predicted octanol–water partition coefficient (Wildman–Crippen LogP) is 3.99. The van der Waals surface area contributed by atoms with E-state index in [1.165, 1.54) is 5.56 Å². The molecule has 1 aliphatic heterocycles. The van der Waals surface area contributed by atoms with Crippen LogP contribution in [0.3, 0.4) is 0 Å². The zero-order valence-electron chi connectivity index (χ0n) is 14.6. The lowest BCUT2D eigenvalue weighted by Gasteiger charge is -2.33. The van der Waals surface area contributed by atoms with Crippen LogP contribution in [0.25, 0.3) is 5.69 Å². The van der Waals surface area contributed by atoms with Crippen LogP contribution in [0.15, 0.2) is 42.7 Å². The lowest BCUT2D eigenvalue weighted by molar-refractivity contribution is 0.0205. The summed E-state index contributed by atoms with van der Waals surface area (Å²) < 4.78 is 7.34. The molecule has 24 heavy (non-hydrogen) atoms. The molecule has 1 aromatic heterocycles. The molecule has 5 heteroatoms. The van der Waals surface area contributed by atoms with Gasteiger partial charge in [0.25, 0.3) is 0 Å². The van der Waals surface area contributed by atoms with E-state index < -0.39 is 5.60 Å². The highest BCUT2D eigenvalue weighted by Gasteiger charge is 2.27. The number of ether oxygens (including phenoxy) is 1. The van der Waals surface area contributed by atoms with Gasteiger partial charge in [-0.2, -0.15) is 5.10 Å². The molecule has 128 valence electrons. The van der Waals surface area contributed by atoms with Gasteiger partial charge in [0.1, 0.15) is 5.60 Å². The van der Waals surface area contributed by atoms with Crippen LogP contribution in [-0.4, -0.2) is 39.5 Å². The van der Waals surface area contributed by atoms with Gasteiger partial charge in [-0.1, -0.05) is 12.1 Å². The van der Waals surface area contributed by atoms with Gasteiger partial charge in [0.2, 0.25) is 0 Å². The van der Waals surface area contributed by atoms with Gasteiger partial charge in [0.15, 0.2) is 0 Å². The summed E-state index contributed by atoms with van der Waals surface area (Å²) in [4.78, 5) is 14.0. The van der Waals surface area contributed by atoms with Crippen molar-refractivity contribution in [1.82, 2.24) is 14.7 Å². The molecular formula is C19H25N3O2. The standard InChI is InChI=1S/C19H25N3O2/c1-19(2,3)24-18(23)21-12-8-15(9-13-21)16-6-4-7-17(14-16)22-11-5-10-20-22/h4-7,10-11,14-15H,8-9,12-13H2,1-3H3. The number of piperidine rings is 1. The van der Waals surface area contributed by atoms with Crippen LogP contribution in [0.4, 0.5) is 4.79 Å². The molecule has 2 heterocycles. The van der Waals surface area contributed by atoms with Gasteiger partial charge < -0.3 is 9.64 Å². The van der Waals surface area contributed by atoms with E-state index in [1.807, 2.05) is 42.6 Å². The summed E-state index contributed by atoms with van der Waals surface area (Å²) in [6, 6.07) is 10.4. The Morgan fingerprint density at radius 3 is 2.58 bits per heavy atom. The summed E-state index contributed by atoms with van der Waals surface area (Å²) >= 11 is 0. The minimum Gasteiger partial charge on any atom is -0.444 e. The number of hydrogen-bond donors (Lipinski definition) is 0. The number of nitrogens with zero attached hydrogens (tertiary/aromatic N) is 3. The van der Waals surface area contributed by atoms with E-state index in [9.17, 15) is 4.79 Å². The third kappa shape index (κ3) is 3.96. The molecule has 2 aromatic rings. The number of likely N-dealkylation sites (tertiary alicyclic amines) is 1. The maximum atomic E-state index is 12.2. The summed E-state index contributed by atoms with van der Waals surface area (Å²) in [6.45, 7) is 7.19. The van der Waals surface area contributed by atoms with Crippen molar-refractivity contribution in [3.8, 4) is 5.69 Å². The zero-order valence-corrected chi connectivity index (χ0v) is 14.6. The minimum atomic E-state index is -0.438. The van der Waals surface area contributed by atoms with E-state index in [0.717, 1.165) is 31.6 Å². The maximum Gasteiger partial charge on any atom is 0.410 e. The molecule has 3 rings (SSSR count). The van der Waals surface area contributed by atoms with Crippen LogP contribution >= 0.6 is 0 Å². The van der Waals surface area contributed by atoms with E-state index in [4.69, 9.17) is 4.74 Å². The number of aromatic nitrogens is 2. The van der Waals surface area contributed by atoms with Gasteiger partial charge in [-0.25, -0.2) is 9.48 Å². The first-order valence-corrected chi connectivity index (χ1v) is 8.50. The van der Waals surface area contributed by atoms with Crippen LogP contribution in [-0.2, 0) is 4.74 Å². The van der Waals surface area contributed by atoms with Crippen LogP contribution in [0.2, 0.25) is 0 Å². The van der Waals surface area contributed by atoms with Crippen molar-refractivity contribution in [2.45, 2.75) is 45.1 Å². The summed E-state index contributed by atoms with van der Waals surface area (Å²) in [6.07, 6.45) is 5.45. The molecule has 0 bridgehead atoms. The largest absolute Gasteiger partial charge is 0.444 e. The van der Waals surface area contributed by atoms with Crippen molar-refractivity contribution in [2.75, 3.05) is 13.1 Å². The van der Waals surface area contributed by atoms with Crippen LogP contribution in [0.5, 0.6) is 0 Å². The molecular weight excluding hydrogens is 302 g/mol. The van der Waals surface area contributed by atoms with E-state index in [0.29, 0.717) is 5.92 Å². The number of carbonyl (C=O) groups is 1. The highest BCUT2D eigenvalue weighted by Crippen LogP contribution is 2.29. The highest BCUT2D eigenvalue weighted by atomic mass is 16.6. The Morgan fingerprint density at radius 1 is 1.21 bits per heavy atom. The van der Waals surface area contributed by atoms with E-state index in [-0.39, 0.29) is 6.09 Å². The van der Waals surface area contributed by atoms with Gasteiger partial charge in [0.05, 0.1) is 5.69 Å². The molecule has 1 amide bonds. The second-order valence-electron chi connectivity index (χ2n) is 7.29. The normalized spacial score (nSPS) is 16.2. The first-order valence-electron chi connectivity index (χ1n) is 8.50. The van der Waals surface area contributed by atoms with Gasteiger partial charge in [0, 0.05) is 25.5 Å². The average molecular weight is 327 g/mol. The first kappa shape index (κ1) is 16.6.